The minimum atomic E-state index is -1.09. The Hall–Kier alpha value is -4.19. The van der Waals surface area contributed by atoms with Crippen LogP contribution in [0.3, 0.4) is 0 Å². The summed E-state index contributed by atoms with van der Waals surface area (Å²) < 4.78 is 3.97. The third-order valence-corrected chi connectivity index (χ3v) is 6.91. The number of aryl methyl sites for hydroxylation is 2. The first-order valence-corrected chi connectivity index (χ1v) is 13.0. The molecule has 0 aliphatic rings. The third kappa shape index (κ3) is 4.55. The van der Waals surface area contributed by atoms with Crippen LogP contribution in [0.25, 0.3) is 33.1 Å². The molecular weight excluding hydrogens is 462 g/mol. The molecule has 0 bridgehead atoms. The summed E-state index contributed by atoms with van der Waals surface area (Å²) in [5, 5.41) is 10.7. The molecule has 6 nitrogen and oxygen atoms in total. The lowest BCUT2D eigenvalue weighted by atomic mass is 9.96. The van der Waals surface area contributed by atoms with E-state index in [2.05, 4.69) is 24.5 Å². The average Bonchev–Trinajstić information content (AvgIpc) is 3.25. The fraction of sp³-hybridized carbons (Fsp3) is 0.258. The van der Waals surface area contributed by atoms with Gasteiger partial charge in [0, 0.05) is 24.9 Å². The predicted molar refractivity (Wildman–Crippen MR) is 148 cm³/mol. The largest absolute Gasteiger partial charge is 0.478 e. The topological polar surface area (TPSA) is 77.1 Å². The summed E-state index contributed by atoms with van der Waals surface area (Å²) in [7, 11) is 0. The molecule has 0 unspecified atom stereocenters. The lowest BCUT2D eigenvalue weighted by Gasteiger charge is -2.16. The number of rotatable bonds is 9. The maximum absolute atomic E-state index is 13.7. The zero-order valence-electron chi connectivity index (χ0n) is 21.3. The molecule has 0 saturated heterocycles. The van der Waals surface area contributed by atoms with Gasteiger partial charge in [0.05, 0.1) is 27.7 Å². The van der Waals surface area contributed by atoms with Crippen LogP contribution in [0.15, 0.2) is 77.6 Å². The Bertz CT molecular complexity index is 1650. The summed E-state index contributed by atoms with van der Waals surface area (Å²) in [5.41, 5.74) is 4.46. The highest BCUT2D eigenvalue weighted by atomic mass is 16.4. The Kier molecular flexibility index (Phi) is 6.91. The van der Waals surface area contributed by atoms with Crippen LogP contribution in [-0.2, 0) is 19.5 Å². The molecule has 0 aliphatic heterocycles. The number of imidazole rings is 1. The average molecular weight is 494 g/mol. The Morgan fingerprint density at radius 1 is 0.865 bits per heavy atom. The van der Waals surface area contributed by atoms with Crippen LogP contribution in [-0.4, -0.2) is 25.2 Å². The quantitative estimate of drug-likeness (QED) is 0.254. The van der Waals surface area contributed by atoms with Crippen molar-refractivity contribution in [3.05, 3.63) is 100 Å². The van der Waals surface area contributed by atoms with Gasteiger partial charge in [0.2, 0.25) is 0 Å². The van der Waals surface area contributed by atoms with E-state index in [1.807, 2.05) is 60.7 Å². The summed E-state index contributed by atoms with van der Waals surface area (Å²) in [6.07, 6.45) is 3.68. The van der Waals surface area contributed by atoms with Gasteiger partial charge < -0.3 is 14.2 Å². The normalized spacial score (nSPS) is 11.4. The molecular formula is C31H31N3O3. The van der Waals surface area contributed by atoms with Crippen molar-refractivity contribution in [3.63, 3.8) is 0 Å². The zero-order valence-corrected chi connectivity index (χ0v) is 21.3. The minimum absolute atomic E-state index is 0.0620. The van der Waals surface area contributed by atoms with E-state index in [9.17, 15) is 14.7 Å². The van der Waals surface area contributed by atoms with Gasteiger partial charge in [-0.05, 0) is 42.2 Å². The second-order valence-corrected chi connectivity index (χ2v) is 9.43. The van der Waals surface area contributed by atoms with Gasteiger partial charge in [-0.15, -0.1) is 0 Å². The molecule has 6 heteroatoms. The first kappa shape index (κ1) is 24.5. The number of aromatic nitrogens is 3. The predicted octanol–water partition coefficient (Wildman–Crippen LogP) is 6.52. The highest BCUT2D eigenvalue weighted by Gasteiger charge is 2.22. The second-order valence-electron chi connectivity index (χ2n) is 9.43. The lowest BCUT2D eigenvalue weighted by Crippen LogP contribution is -2.25. The molecule has 2 aromatic heterocycles. The highest BCUT2D eigenvalue weighted by Crippen LogP contribution is 2.29. The molecule has 5 rings (SSSR count). The van der Waals surface area contributed by atoms with Crippen LogP contribution in [0.4, 0.5) is 0 Å². The highest BCUT2D eigenvalue weighted by molar-refractivity contribution is 6.08. The van der Waals surface area contributed by atoms with Crippen molar-refractivity contribution in [3.8, 4) is 11.1 Å². The molecule has 188 valence electrons. The first-order chi connectivity index (χ1) is 18.0. The van der Waals surface area contributed by atoms with Crippen LogP contribution in [0.5, 0.6) is 0 Å². The van der Waals surface area contributed by atoms with E-state index in [1.165, 1.54) is 0 Å². The van der Waals surface area contributed by atoms with Crippen LogP contribution in [0.2, 0.25) is 0 Å². The number of carbonyl (C=O) groups is 1. The van der Waals surface area contributed by atoms with E-state index in [4.69, 9.17) is 4.98 Å². The summed E-state index contributed by atoms with van der Waals surface area (Å²) in [6, 6.07) is 23.1. The van der Waals surface area contributed by atoms with Gasteiger partial charge in [0.1, 0.15) is 5.82 Å². The molecule has 1 N–H and O–H groups in total. The van der Waals surface area contributed by atoms with Gasteiger partial charge >= 0.3 is 5.97 Å². The second kappa shape index (κ2) is 10.4. The van der Waals surface area contributed by atoms with Gasteiger partial charge in [0.15, 0.2) is 0 Å². The van der Waals surface area contributed by atoms with Gasteiger partial charge in [0.25, 0.3) is 5.56 Å². The van der Waals surface area contributed by atoms with Crippen molar-refractivity contribution < 1.29 is 9.90 Å². The number of para-hydroxylation sites is 3. The number of carboxylic acids is 1. The Balaban J connectivity index is 1.60. The number of pyridine rings is 1. The maximum atomic E-state index is 13.7. The van der Waals surface area contributed by atoms with Gasteiger partial charge in [-0.3, -0.25) is 4.79 Å². The monoisotopic (exact) mass is 493 g/mol. The summed E-state index contributed by atoms with van der Waals surface area (Å²) in [6.45, 7) is 5.43. The molecule has 0 saturated carbocycles. The van der Waals surface area contributed by atoms with Crippen LogP contribution in [0.1, 0.15) is 54.9 Å². The number of hydrogen-bond acceptors (Lipinski definition) is 3. The van der Waals surface area contributed by atoms with E-state index < -0.39 is 5.97 Å². The van der Waals surface area contributed by atoms with Gasteiger partial charge in [-0.2, -0.15) is 0 Å². The number of aromatic carboxylic acids is 1. The molecule has 0 fully saturated rings. The van der Waals surface area contributed by atoms with E-state index in [1.54, 1.807) is 10.6 Å². The van der Waals surface area contributed by atoms with Crippen molar-refractivity contribution in [2.75, 3.05) is 0 Å². The van der Waals surface area contributed by atoms with E-state index in [0.717, 1.165) is 48.1 Å². The Labute approximate surface area is 215 Å². The van der Waals surface area contributed by atoms with Gasteiger partial charge in [-0.25, -0.2) is 9.78 Å². The lowest BCUT2D eigenvalue weighted by molar-refractivity contribution is 0.0699. The van der Waals surface area contributed by atoms with Crippen LogP contribution < -0.4 is 5.56 Å². The van der Waals surface area contributed by atoms with Crippen LogP contribution in [0, 0.1) is 0 Å². The minimum Gasteiger partial charge on any atom is -0.478 e. The number of nitrogens with zero attached hydrogens (tertiary/aromatic N) is 3. The van der Waals surface area contributed by atoms with Crippen molar-refractivity contribution in [1.82, 2.24) is 14.1 Å². The zero-order chi connectivity index (χ0) is 25.9. The molecule has 2 heterocycles. The number of fused-ring (bicyclic) bond motifs is 2. The fourth-order valence-corrected chi connectivity index (χ4v) is 5.11. The fourth-order valence-electron chi connectivity index (χ4n) is 5.11. The number of hydrogen-bond donors (Lipinski definition) is 1. The van der Waals surface area contributed by atoms with E-state index in [0.29, 0.717) is 29.6 Å². The van der Waals surface area contributed by atoms with Crippen molar-refractivity contribution >= 4 is 27.9 Å². The maximum Gasteiger partial charge on any atom is 0.337 e. The molecule has 0 amide bonds. The molecule has 0 spiro atoms. The molecule has 0 atom stereocenters. The molecule has 5 aromatic rings. The van der Waals surface area contributed by atoms with E-state index in [-0.39, 0.29) is 16.7 Å². The summed E-state index contributed by atoms with van der Waals surface area (Å²) in [4.78, 5) is 31.0. The molecule has 0 aliphatic carbocycles. The van der Waals surface area contributed by atoms with Crippen molar-refractivity contribution in [1.29, 1.82) is 0 Å². The number of unbranched alkanes of at least 4 members (excludes halogenated alkanes) is 1. The smallest absolute Gasteiger partial charge is 0.337 e. The van der Waals surface area contributed by atoms with E-state index >= 15 is 0 Å². The first-order valence-electron chi connectivity index (χ1n) is 13.0. The number of carboxylic acid groups (broad SMARTS) is 1. The standard InChI is InChI=1S/C31H31N3O3/c1-3-5-19-33-25-13-8-6-11-23(25)29(31(36)37)28(30(33)35)22-17-15-21(16-18-22)20-34-26-14-9-7-12-24(26)32-27(34)10-4-2/h6-9,11-18H,3-5,10,19-20H2,1-2H3,(H,36,37). The van der Waals surface area contributed by atoms with Crippen LogP contribution >= 0.6 is 0 Å². The number of benzene rings is 3. The molecule has 0 radical (unpaired) electrons. The molecule has 37 heavy (non-hydrogen) atoms. The van der Waals surface area contributed by atoms with Crippen molar-refractivity contribution in [2.24, 2.45) is 0 Å². The molecule has 3 aromatic carbocycles. The Morgan fingerprint density at radius 2 is 1.57 bits per heavy atom. The summed E-state index contributed by atoms with van der Waals surface area (Å²) in [5.74, 6) is -0.0432. The SMILES string of the molecule is CCCCn1c(=O)c(-c2ccc(Cn3c(CCC)nc4ccccc43)cc2)c(C(=O)O)c2ccccc21. The van der Waals surface area contributed by atoms with Gasteiger partial charge in [-0.1, -0.05) is 74.9 Å². The van der Waals surface area contributed by atoms with Crippen molar-refractivity contribution in [2.45, 2.75) is 52.6 Å². The Morgan fingerprint density at radius 3 is 2.27 bits per heavy atom. The summed E-state index contributed by atoms with van der Waals surface area (Å²) >= 11 is 0. The third-order valence-electron chi connectivity index (χ3n) is 6.91.